The van der Waals surface area contributed by atoms with E-state index in [2.05, 4.69) is 10.3 Å². The summed E-state index contributed by atoms with van der Waals surface area (Å²) in [6.07, 6.45) is 5.20. The molecule has 0 aliphatic carbocycles. The number of benzene rings is 2. The van der Waals surface area contributed by atoms with Crippen LogP contribution in [0.5, 0.6) is 11.5 Å². The Hall–Kier alpha value is -4.07. The first kappa shape index (κ1) is 20.2. The van der Waals surface area contributed by atoms with Crippen LogP contribution in [-0.4, -0.2) is 41.2 Å². The van der Waals surface area contributed by atoms with Crippen LogP contribution in [0.3, 0.4) is 0 Å². The lowest BCUT2D eigenvalue weighted by Gasteiger charge is -2.12. The zero-order valence-electron chi connectivity index (χ0n) is 17.5. The number of nitrogens with one attached hydrogen (secondary N) is 1. The van der Waals surface area contributed by atoms with Gasteiger partial charge < -0.3 is 19.5 Å². The highest BCUT2D eigenvalue weighted by atomic mass is 16.5. The summed E-state index contributed by atoms with van der Waals surface area (Å²) >= 11 is 0. The quantitative estimate of drug-likeness (QED) is 0.447. The molecule has 4 aromatic rings. The SMILES string of the molecule is CCOC(=O)c1cccc(Nc2c(-c3ccc(OC)c(OC)c3)nc3cnccn23)c1. The minimum atomic E-state index is -0.367. The van der Waals surface area contributed by atoms with Gasteiger partial charge in [-0.3, -0.25) is 9.38 Å². The van der Waals surface area contributed by atoms with E-state index in [1.54, 1.807) is 51.7 Å². The highest BCUT2D eigenvalue weighted by molar-refractivity contribution is 5.91. The van der Waals surface area contributed by atoms with Crippen LogP contribution in [0.1, 0.15) is 17.3 Å². The van der Waals surface area contributed by atoms with E-state index in [-0.39, 0.29) is 5.97 Å². The molecular weight excluding hydrogens is 396 g/mol. The molecule has 2 heterocycles. The van der Waals surface area contributed by atoms with Gasteiger partial charge in [-0.15, -0.1) is 0 Å². The number of methoxy groups -OCH3 is 2. The molecular formula is C23H22N4O4. The topological polar surface area (TPSA) is 87.0 Å². The fraction of sp³-hybridized carbons (Fsp3) is 0.174. The van der Waals surface area contributed by atoms with Crippen molar-refractivity contribution in [2.75, 3.05) is 26.1 Å². The molecule has 0 aliphatic heterocycles. The van der Waals surface area contributed by atoms with Crippen LogP contribution < -0.4 is 14.8 Å². The van der Waals surface area contributed by atoms with Gasteiger partial charge in [-0.05, 0) is 43.3 Å². The van der Waals surface area contributed by atoms with Crippen molar-refractivity contribution >= 4 is 23.1 Å². The molecule has 31 heavy (non-hydrogen) atoms. The third kappa shape index (κ3) is 4.00. The van der Waals surface area contributed by atoms with Gasteiger partial charge in [0.15, 0.2) is 17.1 Å². The lowest BCUT2D eigenvalue weighted by Crippen LogP contribution is -2.05. The molecule has 0 aliphatic rings. The minimum Gasteiger partial charge on any atom is -0.493 e. The Labute approximate surface area is 179 Å². The van der Waals surface area contributed by atoms with Crippen LogP contribution in [0.4, 0.5) is 11.5 Å². The van der Waals surface area contributed by atoms with Crippen LogP contribution >= 0.6 is 0 Å². The summed E-state index contributed by atoms with van der Waals surface area (Å²) in [4.78, 5) is 21.0. The number of imidazole rings is 1. The third-order valence-electron chi connectivity index (χ3n) is 4.72. The molecule has 0 fully saturated rings. The Morgan fingerprint density at radius 1 is 1.10 bits per heavy atom. The Morgan fingerprint density at radius 3 is 2.71 bits per heavy atom. The Kier molecular flexibility index (Phi) is 5.70. The number of anilines is 2. The van der Waals surface area contributed by atoms with Crippen molar-refractivity contribution in [2.24, 2.45) is 0 Å². The number of fused-ring (bicyclic) bond motifs is 1. The Bertz CT molecular complexity index is 1240. The van der Waals surface area contributed by atoms with E-state index >= 15 is 0 Å². The summed E-state index contributed by atoms with van der Waals surface area (Å²) < 4.78 is 17.8. The second kappa shape index (κ2) is 8.74. The van der Waals surface area contributed by atoms with Crippen molar-refractivity contribution in [3.8, 4) is 22.8 Å². The summed E-state index contributed by atoms with van der Waals surface area (Å²) in [7, 11) is 3.19. The molecule has 8 heteroatoms. The van der Waals surface area contributed by atoms with Crippen LogP contribution in [0, 0.1) is 0 Å². The molecule has 0 saturated heterocycles. The van der Waals surface area contributed by atoms with E-state index in [9.17, 15) is 4.79 Å². The number of aromatic nitrogens is 3. The van der Waals surface area contributed by atoms with Crippen LogP contribution in [0.2, 0.25) is 0 Å². The fourth-order valence-electron chi connectivity index (χ4n) is 3.29. The summed E-state index contributed by atoms with van der Waals surface area (Å²) in [6.45, 7) is 2.10. The monoisotopic (exact) mass is 418 g/mol. The van der Waals surface area contributed by atoms with Crippen molar-refractivity contribution < 1.29 is 19.0 Å². The lowest BCUT2D eigenvalue weighted by molar-refractivity contribution is 0.0526. The van der Waals surface area contributed by atoms with Crippen molar-refractivity contribution in [2.45, 2.75) is 6.92 Å². The number of hydrogen-bond donors (Lipinski definition) is 1. The number of esters is 1. The smallest absolute Gasteiger partial charge is 0.338 e. The third-order valence-corrected chi connectivity index (χ3v) is 4.72. The minimum absolute atomic E-state index is 0.320. The van der Waals surface area contributed by atoms with Gasteiger partial charge in [0.25, 0.3) is 0 Å². The highest BCUT2D eigenvalue weighted by Gasteiger charge is 2.17. The molecule has 158 valence electrons. The predicted molar refractivity (Wildman–Crippen MR) is 117 cm³/mol. The molecule has 4 rings (SSSR count). The second-order valence-electron chi connectivity index (χ2n) is 6.61. The largest absolute Gasteiger partial charge is 0.493 e. The molecule has 0 radical (unpaired) electrons. The van der Waals surface area contributed by atoms with Crippen molar-refractivity contribution in [3.05, 3.63) is 66.6 Å². The standard InChI is InChI=1S/C23H22N4O4/c1-4-31-23(28)16-6-5-7-17(12-16)25-22-21(26-20-14-24-10-11-27(20)22)15-8-9-18(29-2)19(13-15)30-3/h5-14,25H,4H2,1-3H3. The molecule has 0 amide bonds. The maximum atomic E-state index is 12.1. The van der Waals surface area contributed by atoms with E-state index in [4.69, 9.17) is 19.2 Å². The first-order valence-electron chi connectivity index (χ1n) is 9.73. The summed E-state index contributed by atoms with van der Waals surface area (Å²) in [6, 6.07) is 12.8. The molecule has 1 N–H and O–H groups in total. The first-order chi connectivity index (χ1) is 15.1. The molecule has 2 aromatic heterocycles. The van der Waals surface area contributed by atoms with E-state index in [0.717, 1.165) is 17.1 Å². The molecule has 2 aromatic carbocycles. The molecule has 0 spiro atoms. The summed E-state index contributed by atoms with van der Waals surface area (Å²) in [5.74, 6) is 1.60. The Morgan fingerprint density at radius 2 is 1.94 bits per heavy atom. The van der Waals surface area contributed by atoms with Gasteiger partial charge in [0.2, 0.25) is 0 Å². The van der Waals surface area contributed by atoms with Crippen molar-refractivity contribution in [3.63, 3.8) is 0 Å². The molecule has 0 atom stereocenters. The average Bonchev–Trinajstić information content (AvgIpc) is 3.17. The van der Waals surface area contributed by atoms with Gasteiger partial charge in [0.05, 0.1) is 32.6 Å². The number of hydrogen-bond acceptors (Lipinski definition) is 7. The van der Waals surface area contributed by atoms with Crippen molar-refractivity contribution in [1.29, 1.82) is 0 Å². The van der Waals surface area contributed by atoms with Crippen LogP contribution in [0.15, 0.2) is 61.1 Å². The Balaban J connectivity index is 1.80. The normalized spacial score (nSPS) is 10.7. The van der Waals surface area contributed by atoms with E-state index in [1.165, 1.54) is 0 Å². The van der Waals surface area contributed by atoms with Gasteiger partial charge in [-0.1, -0.05) is 6.07 Å². The van der Waals surface area contributed by atoms with E-state index in [0.29, 0.717) is 35.0 Å². The first-order valence-corrected chi connectivity index (χ1v) is 9.73. The summed E-state index contributed by atoms with van der Waals surface area (Å²) in [5.41, 5.74) is 3.41. The number of ether oxygens (including phenoxy) is 3. The second-order valence-corrected chi connectivity index (χ2v) is 6.61. The maximum Gasteiger partial charge on any atom is 0.338 e. The number of carbonyl (C=O) groups excluding carboxylic acids is 1. The fourth-order valence-corrected chi connectivity index (χ4v) is 3.29. The predicted octanol–water partition coefficient (Wildman–Crippen LogP) is 4.33. The van der Waals surface area contributed by atoms with Crippen LogP contribution in [-0.2, 0) is 4.74 Å². The zero-order chi connectivity index (χ0) is 21.8. The average molecular weight is 418 g/mol. The lowest BCUT2D eigenvalue weighted by atomic mass is 10.1. The molecule has 0 unspecified atom stereocenters. The number of nitrogens with zero attached hydrogens (tertiary/aromatic N) is 3. The van der Waals surface area contributed by atoms with Gasteiger partial charge in [0, 0.05) is 23.6 Å². The number of carbonyl (C=O) groups is 1. The van der Waals surface area contributed by atoms with E-state index < -0.39 is 0 Å². The van der Waals surface area contributed by atoms with E-state index in [1.807, 2.05) is 34.9 Å². The van der Waals surface area contributed by atoms with Gasteiger partial charge in [0.1, 0.15) is 11.5 Å². The van der Waals surface area contributed by atoms with Gasteiger partial charge in [-0.25, -0.2) is 9.78 Å². The molecule has 8 nitrogen and oxygen atoms in total. The summed E-state index contributed by atoms with van der Waals surface area (Å²) in [5, 5.41) is 3.39. The zero-order valence-corrected chi connectivity index (χ0v) is 17.5. The highest BCUT2D eigenvalue weighted by Crippen LogP contribution is 2.36. The van der Waals surface area contributed by atoms with Crippen LogP contribution in [0.25, 0.3) is 16.9 Å². The number of rotatable bonds is 7. The van der Waals surface area contributed by atoms with Gasteiger partial charge >= 0.3 is 5.97 Å². The van der Waals surface area contributed by atoms with Gasteiger partial charge in [-0.2, -0.15) is 0 Å². The molecule has 0 bridgehead atoms. The molecule has 0 saturated carbocycles. The maximum absolute atomic E-state index is 12.1. The van der Waals surface area contributed by atoms with Crippen molar-refractivity contribution in [1.82, 2.24) is 14.4 Å².